The molecule has 0 radical (unpaired) electrons. The highest BCUT2D eigenvalue weighted by Crippen LogP contribution is 2.24. The maximum atomic E-state index is 13.7. The highest BCUT2D eigenvalue weighted by Gasteiger charge is 2.06. The van der Waals surface area contributed by atoms with Crippen molar-refractivity contribution in [2.75, 3.05) is 24.3 Å². The summed E-state index contributed by atoms with van der Waals surface area (Å²) >= 11 is 5.73. The number of hydrogen-bond acceptors (Lipinski definition) is 2. The molecule has 1 N–H and O–H groups in total. The van der Waals surface area contributed by atoms with E-state index in [2.05, 4.69) is 5.32 Å². The van der Waals surface area contributed by atoms with E-state index in [1.54, 1.807) is 12.1 Å². The van der Waals surface area contributed by atoms with Crippen LogP contribution in [0.4, 0.5) is 15.8 Å². The molecule has 19 heavy (non-hydrogen) atoms. The van der Waals surface area contributed by atoms with E-state index in [4.69, 9.17) is 11.6 Å². The lowest BCUT2D eigenvalue weighted by Crippen LogP contribution is -2.12. The highest BCUT2D eigenvalue weighted by atomic mass is 35.5. The van der Waals surface area contributed by atoms with Gasteiger partial charge >= 0.3 is 0 Å². The summed E-state index contributed by atoms with van der Waals surface area (Å²) in [5.41, 5.74) is 2.64. The standard InChI is InChI=1S/C15H16ClFN2/c1-19(2)15-6-4-3-5-14(15)18-10-11-7-8-12(16)9-13(11)17/h3-9,18H,10H2,1-2H3. The van der Waals surface area contributed by atoms with E-state index >= 15 is 0 Å². The van der Waals surface area contributed by atoms with Gasteiger partial charge in [-0.3, -0.25) is 0 Å². The van der Waals surface area contributed by atoms with Gasteiger partial charge in [0.2, 0.25) is 0 Å². The Morgan fingerprint density at radius 2 is 1.89 bits per heavy atom. The van der Waals surface area contributed by atoms with E-state index in [1.807, 2.05) is 43.3 Å². The van der Waals surface area contributed by atoms with Crippen LogP contribution in [0, 0.1) is 5.82 Å². The average molecular weight is 279 g/mol. The lowest BCUT2D eigenvalue weighted by atomic mass is 10.2. The topological polar surface area (TPSA) is 15.3 Å². The molecule has 0 amide bonds. The molecule has 0 aromatic heterocycles. The molecule has 0 spiro atoms. The highest BCUT2D eigenvalue weighted by molar-refractivity contribution is 6.30. The first-order valence-electron chi connectivity index (χ1n) is 6.02. The SMILES string of the molecule is CN(C)c1ccccc1NCc1ccc(Cl)cc1F. The van der Waals surface area contributed by atoms with Crippen molar-refractivity contribution in [1.29, 1.82) is 0 Å². The van der Waals surface area contributed by atoms with Gasteiger partial charge in [-0.1, -0.05) is 29.8 Å². The predicted octanol–water partition coefficient (Wildman–Crippen LogP) is 4.16. The molecule has 0 saturated heterocycles. The quantitative estimate of drug-likeness (QED) is 0.903. The first kappa shape index (κ1) is 13.7. The van der Waals surface area contributed by atoms with Gasteiger partial charge in [-0.2, -0.15) is 0 Å². The van der Waals surface area contributed by atoms with Crippen molar-refractivity contribution in [3.8, 4) is 0 Å². The maximum absolute atomic E-state index is 13.7. The minimum absolute atomic E-state index is 0.290. The number of hydrogen-bond donors (Lipinski definition) is 1. The number of halogens is 2. The van der Waals surface area contributed by atoms with Crippen LogP contribution in [0.5, 0.6) is 0 Å². The number of para-hydroxylation sites is 2. The van der Waals surface area contributed by atoms with Crippen molar-refractivity contribution in [1.82, 2.24) is 0 Å². The summed E-state index contributed by atoms with van der Waals surface area (Å²) in [5, 5.41) is 3.66. The van der Waals surface area contributed by atoms with Crippen LogP contribution in [0.2, 0.25) is 5.02 Å². The van der Waals surface area contributed by atoms with E-state index in [1.165, 1.54) is 6.07 Å². The summed E-state index contributed by atoms with van der Waals surface area (Å²) in [6.45, 7) is 0.424. The Balaban J connectivity index is 2.14. The summed E-state index contributed by atoms with van der Waals surface area (Å²) < 4.78 is 13.7. The minimum atomic E-state index is -0.290. The molecule has 100 valence electrons. The largest absolute Gasteiger partial charge is 0.379 e. The fourth-order valence-electron chi connectivity index (χ4n) is 1.87. The minimum Gasteiger partial charge on any atom is -0.379 e. The number of anilines is 2. The average Bonchev–Trinajstić information content (AvgIpc) is 2.38. The fraction of sp³-hybridized carbons (Fsp3) is 0.200. The van der Waals surface area contributed by atoms with E-state index in [-0.39, 0.29) is 5.82 Å². The molecule has 2 aromatic rings. The van der Waals surface area contributed by atoms with Crippen molar-refractivity contribution in [2.45, 2.75) is 6.54 Å². The summed E-state index contributed by atoms with van der Waals surface area (Å²) in [7, 11) is 3.95. The molecular weight excluding hydrogens is 263 g/mol. The van der Waals surface area contributed by atoms with Crippen LogP contribution in [0.3, 0.4) is 0 Å². The monoisotopic (exact) mass is 278 g/mol. The van der Waals surface area contributed by atoms with E-state index < -0.39 is 0 Å². The van der Waals surface area contributed by atoms with Crippen molar-refractivity contribution in [3.05, 3.63) is 58.9 Å². The van der Waals surface area contributed by atoms with Crippen LogP contribution in [0.25, 0.3) is 0 Å². The third kappa shape index (κ3) is 3.38. The van der Waals surface area contributed by atoms with E-state index in [9.17, 15) is 4.39 Å². The summed E-state index contributed by atoms with van der Waals surface area (Å²) in [5.74, 6) is -0.290. The van der Waals surface area contributed by atoms with E-state index in [0.29, 0.717) is 17.1 Å². The van der Waals surface area contributed by atoms with Gasteiger partial charge < -0.3 is 10.2 Å². The van der Waals surface area contributed by atoms with Crippen molar-refractivity contribution >= 4 is 23.0 Å². The Hall–Kier alpha value is -1.74. The summed E-state index contributed by atoms with van der Waals surface area (Å²) in [6.07, 6.45) is 0. The molecule has 0 aliphatic rings. The second-order valence-electron chi connectivity index (χ2n) is 4.50. The van der Waals surface area contributed by atoms with E-state index in [0.717, 1.165) is 11.4 Å². The maximum Gasteiger partial charge on any atom is 0.129 e. The lowest BCUT2D eigenvalue weighted by molar-refractivity contribution is 0.613. The molecule has 2 aromatic carbocycles. The smallest absolute Gasteiger partial charge is 0.129 e. The van der Waals surface area contributed by atoms with Gasteiger partial charge in [-0.05, 0) is 24.3 Å². The van der Waals surface area contributed by atoms with Crippen LogP contribution in [-0.4, -0.2) is 14.1 Å². The molecule has 0 fully saturated rings. The van der Waals surface area contributed by atoms with Gasteiger partial charge in [0.25, 0.3) is 0 Å². The van der Waals surface area contributed by atoms with Gasteiger partial charge in [0.15, 0.2) is 0 Å². The molecule has 0 atom stereocenters. The van der Waals surface area contributed by atoms with Crippen LogP contribution >= 0.6 is 11.6 Å². The summed E-state index contributed by atoms with van der Waals surface area (Å²) in [6, 6.07) is 12.6. The zero-order valence-corrected chi connectivity index (χ0v) is 11.7. The normalized spacial score (nSPS) is 10.3. The van der Waals surface area contributed by atoms with Crippen LogP contribution in [0.15, 0.2) is 42.5 Å². The fourth-order valence-corrected chi connectivity index (χ4v) is 2.03. The second-order valence-corrected chi connectivity index (χ2v) is 4.94. The summed E-state index contributed by atoms with van der Waals surface area (Å²) in [4.78, 5) is 2.01. The molecule has 2 nitrogen and oxygen atoms in total. The van der Waals surface area contributed by atoms with Crippen molar-refractivity contribution in [3.63, 3.8) is 0 Å². The molecule has 0 aliphatic heterocycles. The number of nitrogens with zero attached hydrogens (tertiary/aromatic N) is 1. The van der Waals surface area contributed by atoms with Crippen molar-refractivity contribution < 1.29 is 4.39 Å². The van der Waals surface area contributed by atoms with Crippen molar-refractivity contribution in [2.24, 2.45) is 0 Å². The van der Waals surface area contributed by atoms with Crippen LogP contribution in [0.1, 0.15) is 5.56 Å². The molecule has 4 heteroatoms. The molecule has 0 unspecified atom stereocenters. The lowest BCUT2D eigenvalue weighted by Gasteiger charge is -2.18. The second kappa shape index (κ2) is 5.93. The zero-order valence-electron chi connectivity index (χ0n) is 11.0. The first-order valence-corrected chi connectivity index (χ1v) is 6.40. The van der Waals surface area contributed by atoms with Gasteiger partial charge in [0.05, 0.1) is 11.4 Å². The Morgan fingerprint density at radius 3 is 2.58 bits per heavy atom. The van der Waals surface area contributed by atoms with Gasteiger partial charge in [-0.15, -0.1) is 0 Å². The number of benzene rings is 2. The van der Waals surface area contributed by atoms with Gasteiger partial charge in [0, 0.05) is 31.2 Å². The Kier molecular flexibility index (Phi) is 4.27. The van der Waals surface area contributed by atoms with Gasteiger partial charge in [0.1, 0.15) is 5.82 Å². The first-order chi connectivity index (χ1) is 9.08. The molecule has 2 rings (SSSR count). The number of nitrogens with one attached hydrogen (secondary N) is 1. The molecular formula is C15H16ClFN2. The molecule has 0 bridgehead atoms. The predicted molar refractivity (Wildman–Crippen MR) is 79.5 cm³/mol. The molecule has 0 heterocycles. The molecule has 0 aliphatic carbocycles. The third-order valence-electron chi connectivity index (χ3n) is 2.87. The van der Waals surface area contributed by atoms with Crippen LogP contribution in [-0.2, 0) is 6.54 Å². The van der Waals surface area contributed by atoms with Crippen LogP contribution < -0.4 is 10.2 Å². The number of rotatable bonds is 4. The Morgan fingerprint density at radius 1 is 1.16 bits per heavy atom. The third-order valence-corrected chi connectivity index (χ3v) is 3.11. The zero-order chi connectivity index (χ0) is 13.8. The Bertz CT molecular complexity index is 570. The van der Waals surface area contributed by atoms with Gasteiger partial charge in [-0.25, -0.2) is 4.39 Å². The Labute approximate surface area is 117 Å². The molecule has 0 saturated carbocycles.